The summed E-state index contributed by atoms with van der Waals surface area (Å²) in [7, 11) is 0. The molecule has 0 atom stereocenters. The Bertz CT molecular complexity index is 1100. The van der Waals surface area contributed by atoms with Crippen molar-refractivity contribution in [1.29, 1.82) is 0 Å². The summed E-state index contributed by atoms with van der Waals surface area (Å²) < 4.78 is 7.04. The van der Waals surface area contributed by atoms with Crippen LogP contribution in [0.4, 0.5) is 5.69 Å². The molecule has 1 N–H and O–H groups in total. The van der Waals surface area contributed by atoms with Crippen molar-refractivity contribution in [2.75, 3.05) is 5.32 Å². The van der Waals surface area contributed by atoms with Crippen LogP contribution in [0, 0.1) is 6.92 Å². The first-order chi connectivity index (χ1) is 13.0. The highest BCUT2D eigenvalue weighted by Gasteiger charge is 2.19. The molecule has 7 nitrogen and oxygen atoms in total. The molecule has 27 heavy (non-hydrogen) atoms. The number of nitrogens with one attached hydrogen (secondary N) is 1. The topological polar surface area (TPSA) is 85.8 Å². The molecule has 4 aromatic rings. The Morgan fingerprint density at radius 1 is 1.22 bits per heavy atom. The van der Waals surface area contributed by atoms with Gasteiger partial charge in [-0.15, -0.1) is 0 Å². The van der Waals surface area contributed by atoms with Gasteiger partial charge in [-0.1, -0.05) is 19.0 Å². The molecule has 0 unspecified atom stereocenters. The number of hydrogen-bond donors (Lipinski definition) is 1. The molecule has 0 aliphatic carbocycles. The van der Waals surface area contributed by atoms with Gasteiger partial charge < -0.3 is 9.84 Å². The van der Waals surface area contributed by atoms with Crippen molar-refractivity contribution in [1.82, 2.24) is 19.9 Å². The van der Waals surface area contributed by atoms with Gasteiger partial charge in [0.1, 0.15) is 0 Å². The highest BCUT2D eigenvalue weighted by Crippen LogP contribution is 2.26. The van der Waals surface area contributed by atoms with Crippen molar-refractivity contribution in [3.8, 4) is 5.69 Å². The van der Waals surface area contributed by atoms with Crippen LogP contribution in [-0.4, -0.2) is 25.8 Å². The van der Waals surface area contributed by atoms with Gasteiger partial charge in [-0.25, -0.2) is 9.67 Å². The molecule has 0 spiro atoms. The number of nitrogens with zero attached hydrogens (tertiary/aromatic N) is 4. The number of fused-ring (bicyclic) bond motifs is 1. The SMILES string of the molecule is Cc1noc2nc(C(C)C)cc(C(=O)Nc3ccc(-n4cccn4)cc3)c12. The molecule has 0 fully saturated rings. The van der Waals surface area contributed by atoms with Crippen molar-refractivity contribution in [3.05, 3.63) is 65.7 Å². The van der Waals surface area contributed by atoms with Gasteiger partial charge >= 0.3 is 0 Å². The largest absolute Gasteiger partial charge is 0.336 e. The molecule has 0 saturated carbocycles. The van der Waals surface area contributed by atoms with E-state index in [-0.39, 0.29) is 11.8 Å². The summed E-state index contributed by atoms with van der Waals surface area (Å²) in [6.45, 7) is 5.85. The van der Waals surface area contributed by atoms with Crippen LogP contribution < -0.4 is 5.32 Å². The zero-order chi connectivity index (χ0) is 19.0. The van der Waals surface area contributed by atoms with Crippen LogP contribution in [0.25, 0.3) is 16.8 Å². The van der Waals surface area contributed by atoms with E-state index in [4.69, 9.17) is 4.52 Å². The molecule has 0 aliphatic heterocycles. The lowest BCUT2D eigenvalue weighted by molar-refractivity contribution is 0.102. The quantitative estimate of drug-likeness (QED) is 0.591. The molecule has 136 valence electrons. The van der Waals surface area contributed by atoms with Crippen LogP contribution in [0.2, 0.25) is 0 Å². The second-order valence-electron chi connectivity index (χ2n) is 6.65. The van der Waals surface area contributed by atoms with Gasteiger partial charge in [0.25, 0.3) is 11.6 Å². The number of carbonyl (C=O) groups is 1. The molecule has 0 bridgehead atoms. The molecule has 1 amide bonds. The first kappa shape index (κ1) is 17.0. The lowest BCUT2D eigenvalue weighted by Crippen LogP contribution is -2.14. The summed E-state index contributed by atoms with van der Waals surface area (Å²) in [4.78, 5) is 17.4. The lowest BCUT2D eigenvalue weighted by Gasteiger charge is -2.10. The van der Waals surface area contributed by atoms with Crippen molar-refractivity contribution in [3.63, 3.8) is 0 Å². The van der Waals surface area contributed by atoms with Crippen LogP contribution in [0.15, 0.2) is 53.3 Å². The third kappa shape index (κ3) is 3.19. The van der Waals surface area contributed by atoms with E-state index >= 15 is 0 Å². The molecule has 3 aromatic heterocycles. The average molecular weight is 361 g/mol. The van der Waals surface area contributed by atoms with E-state index < -0.39 is 0 Å². The fourth-order valence-corrected chi connectivity index (χ4v) is 2.91. The van der Waals surface area contributed by atoms with E-state index in [0.717, 1.165) is 11.4 Å². The second kappa shape index (κ2) is 6.68. The maximum absolute atomic E-state index is 12.9. The third-order valence-electron chi connectivity index (χ3n) is 4.37. The number of anilines is 1. The highest BCUT2D eigenvalue weighted by molar-refractivity contribution is 6.12. The number of rotatable bonds is 4. The van der Waals surface area contributed by atoms with Crippen LogP contribution in [0.5, 0.6) is 0 Å². The minimum Gasteiger partial charge on any atom is -0.336 e. The van der Waals surface area contributed by atoms with Crippen molar-refractivity contribution in [2.45, 2.75) is 26.7 Å². The fourth-order valence-electron chi connectivity index (χ4n) is 2.91. The maximum atomic E-state index is 12.9. The van der Waals surface area contributed by atoms with Gasteiger partial charge in [0.05, 0.1) is 22.3 Å². The number of hydrogen-bond acceptors (Lipinski definition) is 5. The van der Waals surface area contributed by atoms with Crippen LogP contribution in [-0.2, 0) is 0 Å². The third-order valence-corrected chi connectivity index (χ3v) is 4.37. The average Bonchev–Trinajstić information content (AvgIpc) is 3.32. The number of benzene rings is 1. The number of carbonyl (C=O) groups excluding carboxylic acids is 1. The summed E-state index contributed by atoms with van der Waals surface area (Å²) in [6.07, 6.45) is 3.58. The Kier molecular flexibility index (Phi) is 4.19. The lowest BCUT2D eigenvalue weighted by atomic mass is 10.0. The van der Waals surface area contributed by atoms with Crippen molar-refractivity contribution < 1.29 is 9.32 Å². The number of pyridine rings is 1. The Labute approximate surface area is 156 Å². The van der Waals surface area contributed by atoms with E-state index in [1.807, 2.05) is 56.4 Å². The summed E-state index contributed by atoms with van der Waals surface area (Å²) in [5, 5.41) is 11.7. The molecule has 7 heteroatoms. The van der Waals surface area contributed by atoms with Crippen LogP contribution in [0.3, 0.4) is 0 Å². The maximum Gasteiger partial charge on any atom is 0.259 e. The van der Waals surface area contributed by atoms with Crippen LogP contribution in [0.1, 0.15) is 41.5 Å². The minimum atomic E-state index is -0.220. The molecule has 1 aromatic carbocycles. The Balaban J connectivity index is 1.66. The van der Waals surface area contributed by atoms with E-state index in [1.165, 1.54) is 0 Å². The normalized spacial score (nSPS) is 11.3. The van der Waals surface area contributed by atoms with Crippen molar-refractivity contribution >= 4 is 22.7 Å². The van der Waals surface area contributed by atoms with E-state index in [9.17, 15) is 4.79 Å². The molecule has 4 rings (SSSR count). The number of aryl methyl sites for hydroxylation is 1. The van der Waals surface area contributed by atoms with Gasteiger partial charge in [-0.05, 0) is 49.2 Å². The summed E-state index contributed by atoms with van der Waals surface area (Å²) in [5.41, 5.74) is 3.95. The Morgan fingerprint density at radius 3 is 2.67 bits per heavy atom. The van der Waals surface area contributed by atoms with E-state index in [0.29, 0.717) is 28.0 Å². The Hall–Kier alpha value is -3.48. The smallest absolute Gasteiger partial charge is 0.259 e. The van der Waals surface area contributed by atoms with Crippen LogP contribution >= 0.6 is 0 Å². The van der Waals surface area contributed by atoms with Gasteiger partial charge in [0.2, 0.25) is 0 Å². The minimum absolute atomic E-state index is 0.166. The van der Waals surface area contributed by atoms with Gasteiger partial charge in [0.15, 0.2) is 0 Å². The van der Waals surface area contributed by atoms with Crippen molar-refractivity contribution in [2.24, 2.45) is 0 Å². The van der Waals surface area contributed by atoms with E-state index in [1.54, 1.807) is 17.8 Å². The number of amides is 1. The standard InChI is InChI=1S/C20H19N5O2/c1-12(2)17-11-16(18-13(3)24-27-20(18)23-17)19(26)22-14-5-7-15(8-6-14)25-10-4-9-21-25/h4-12H,1-3H3,(H,22,26). The first-order valence-electron chi connectivity index (χ1n) is 8.71. The molecule has 0 radical (unpaired) electrons. The number of aromatic nitrogens is 4. The van der Waals surface area contributed by atoms with Gasteiger partial charge in [0, 0.05) is 23.8 Å². The summed E-state index contributed by atoms with van der Waals surface area (Å²) in [5.74, 6) is -0.0536. The molecule has 0 saturated heterocycles. The zero-order valence-corrected chi connectivity index (χ0v) is 15.3. The predicted octanol–water partition coefficient (Wildman–Crippen LogP) is 4.09. The predicted molar refractivity (Wildman–Crippen MR) is 102 cm³/mol. The van der Waals surface area contributed by atoms with E-state index in [2.05, 4.69) is 20.6 Å². The molecule has 3 heterocycles. The molecular formula is C20H19N5O2. The highest BCUT2D eigenvalue weighted by atomic mass is 16.5. The molecular weight excluding hydrogens is 342 g/mol. The first-order valence-corrected chi connectivity index (χ1v) is 8.71. The fraction of sp³-hybridized carbons (Fsp3) is 0.200. The zero-order valence-electron chi connectivity index (χ0n) is 15.3. The molecule has 0 aliphatic rings. The Morgan fingerprint density at radius 2 is 2.00 bits per heavy atom. The monoisotopic (exact) mass is 361 g/mol. The van der Waals surface area contributed by atoms with Gasteiger partial charge in [-0.3, -0.25) is 4.79 Å². The second-order valence-corrected chi connectivity index (χ2v) is 6.65. The van der Waals surface area contributed by atoms with Gasteiger partial charge in [-0.2, -0.15) is 5.10 Å². The summed E-state index contributed by atoms with van der Waals surface area (Å²) >= 11 is 0. The summed E-state index contributed by atoms with van der Waals surface area (Å²) in [6, 6.07) is 11.2.